The van der Waals surface area contributed by atoms with Crippen LogP contribution < -0.4 is 10.2 Å². The fourth-order valence-corrected chi connectivity index (χ4v) is 4.06. The van der Waals surface area contributed by atoms with Crippen LogP contribution in [-0.2, 0) is 0 Å². The molecular formula is C21H20N6OS. The van der Waals surface area contributed by atoms with Crippen LogP contribution in [0.25, 0.3) is 11.3 Å². The van der Waals surface area contributed by atoms with Crippen LogP contribution in [0.2, 0.25) is 0 Å². The van der Waals surface area contributed by atoms with Gasteiger partial charge in [0.2, 0.25) is 0 Å². The molecule has 1 aromatic carbocycles. The van der Waals surface area contributed by atoms with Crippen molar-refractivity contribution < 1.29 is 4.79 Å². The first kappa shape index (κ1) is 18.9. The summed E-state index contributed by atoms with van der Waals surface area (Å²) < 4.78 is 0. The quantitative estimate of drug-likeness (QED) is 0.717. The van der Waals surface area contributed by atoms with Gasteiger partial charge in [-0.15, -0.1) is 11.3 Å². The number of nitrogens with one attached hydrogen (secondary N) is 1. The molecule has 2 amide bonds. The molecule has 29 heavy (non-hydrogen) atoms. The maximum Gasteiger partial charge on any atom is 0.323 e. The summed E-state index contributed by atoms with van der Waals surface area (Å²) in [5.41, 5.74) is 3.31. The Balaban J connectivity index is 1.39. The first-order valence-corrected chi connectivity index (χ1v) is 10.3. The van der Waals surface area contributed by atoms with Crippen molar-refractivity contribution in [1.82, 2.24) is 14.9 Å². The van der Waals surface area contributed by atoms with Crippen molar-refractivity contribution in [2.75, 3.05) is 36.4 Å². The van der Waals surface area contributed by atoms with Crippen LogP contribution in [0.1, 0.15) is 12.0 Å². The highest BCUT2D eigenvalue weighted by Crippen LogP contribution is 2.25. The third-order valence-corrected chi connectivity index (χ3v) is 5.58. The second-order valence-corrected chi connectivity index (χ2v) is 7.52. The highest BCUT2D eigenvalue weighted by molar-refractivity contribution is 7.14. The second kappa shape index (κ2) is 8.71. The van der Waals surface area contributed by atoms with Gasteiger partial charge in [0.05, 0.1) is 16.9 Å². The van der Waals surface area contributed by atoms with Gasteiger partial charge in [-0.2, -0.15) is 5.26 Å². The summed E-state index contributed by atoms with van der Waals surface area (Å²) in [5.74, 6) is 0. The number of benzene rings is 1. The maximum absolute atomic E-state index is 12.7. The molecule has 146 valence electrons. The highest BCUT2D eigenvalue weighted by atomic mass is 32.1. The number of nitrogens with zero attached hydrogens (tertiary/aromatic N) is 5. The molecule has 1 saturated heterocycles. The zero-order valence-electron chi connectivity index (χ0n) is 15.8. The van der Waals surface area contributed by atoms with E-state index < -0.39 is 0 Å². The van der Waals surface area contributed by atoms with Gasteiger partial charge < -0.3 is 9.80 Å². The minimum absolute atomic E-state index is 0.146. The van der Waals surface area contributed by atoms with Gasteiger partial charge in [0.15, 0.2) is 5.13 Å². The number of aromatic nitrogens is 2. The van der Waals surface area contributed by atoms with E-state index in [0.717, 1.165) is 29.9 Å². The molecule has 0 saturated carbocycles. The number of rotatable bonds is 3. The Morgan fingerprint density at radius 3 is 2.86 bits per heavy atom. The van der Waals surface area contributed by atoms with Crippen LogP contribution in [0.5, 0.6) is 0 Å². The first-order valence-electron chi connectivity index (χ1n) is 9.40. The van der Waals surface area contributed by atoms with Crippen LogP contribution in [0, 0.1) is 11.3 Å². The number of urea groups is 1. The molecule has 1 N–H and O–H groups in total. The van der Waals surface area contributed by atoms with Gasteiger partial charge >= 0.3 is 6.03 Å². The van der Waals surface area contributed by atoms with E-state index in [1.165, 1.54) is 11.3 Å². The Bertz CT molecular complexity index is 1030. The lowest BCUT2D eigenvalue weighted by atomic mass is 10.1. The molecule has 0 unspecified atom stereocenters. The smallest absolute Gasteiger partial charge is 0.323 e. The van der Waals surface area contributed by atoms with Gasteiger partial charge in [-0.25, -0.2) is 9.78 Å². The average molecular weight is 404 g/mol. The zero-order valence-corrected chi connectivity index (χ0v) is 16.6. The maximum atomic E-state index is 12.7. The largest absolute Gasteiger partial charge is 0.369 e. The molecule has 1 aliphatic heterocycles. The topological polar surface area (TPSA) is 85.2 Å². The summed E-state index contributed by atoms with van der Waals surface area (Å²) in [4.78, 5) is 25.3. The summed E-state index contributed by atoms with van der Waals surface area (Å²) in [6, 6.07) is 13.5. The number of anilines is 2. The lowest BCUT2D eigenvalue weighted by Gasteiger charge is -2.24. The van der Waals surface area contributed by atoms with Crippen LogP contribution in [-0.4, -0.2) is 47.1 Å². The molecule has 0 radical (unpaired) electrons. The molecule has 4 rings (SSSR count). The minimum atomic E-state index is -0.146. The second-order valence-electron chi connectivity index (χ2n) is 6.67. The van der Waals surface area contributed by atoms with Gasteiger partial charge in [-0.1, -0.05) is 12.1 Å². The molecule has 2 aromatic heterocycles. The molecule has 3 aromatic rings. The molecule has 0 atom stereocenters. The lowest BCUT2D eigenvalue weighted by Crippen LogP contribution is -2.38. The Hall–Kier alpha value is -3.44. The summed E-state index contributed by atoms with van der Waals surface area (Å²) in [6.45, 7) is 2.75. The number of nitriles is 1. The van der Waals surface area contributed by atoms with E-state index in [-0.39, 0.29) is 6.03 Å². The van der Waals surface area contributed by atoms with Crippen molar-refractivity contribution in [3.05, 3.63) is 59.7 Å². The predicted molar refractivity (Wildman–Crippen MR) is 114 cm³/mol. The lowest BCUT2D eigenvalue weighted by molar-refractivity contribution is 0.215. The number of hydrogen-bond donors (Lipinski definition) is 1. The van der Waals surface area contributed by atoms with E-state index in [2.05, 4.69) is 26.3 Å². The van der Waals surface area contributed by atoms with Gasteiger partial charge in [-0.05, 0) is 30.7 Å². The van der Waals surface area contributed by atoms with E-state index in [1.54, 1.807) is 17.3 Å². The minimum Gasteiger partial charge on any atom is -0.369 e. The normalized spacial score (nSPS) is 14.2. The first-order chi connectivity index (χ1) is 14.2. The number of hydrogen-bond acceptors (Lipinski definition) is 6. The Morgan fingerprint density at radius 1 is 1.14 bits per heavy atom. The third kappa shape index (κ3) is 4.36. The number of thiazole rings is 1. The number of amides is 2. The van der Waals surface area contributed by atoms with Gasteiger partial charge in [0, 0.05) is 49.5 Å². The Morgan fingerprint density at radius 2 is 2.03 bits per heavy atom. The fraction of sp³-hybridized carbons (Fsp3) is 0.238. The highest BCUT2D eigenvalue weighted by Gasteiger charge is 2.21. The van der Waals surface area contributed by atoms with E-state index in [1.807, 2.05) is 41.8 Å². The molecule has 0 spiro atoms. The van der Waals surface area contributed by atoms with E-state index >= 15 is 0 Å². The SMILES string of the molecule is N#Cc1ccccc1N1CCCN(C(=O)Nc2nc(-c3cccnc3)cs2)CC1. The van der Waals surface area contributed by atoms with Crippen molar-refractivity contribution in [1.29, 1.82) is 5.26 Å². The average Bonchev–Trinajstić information content (AvgIpc) is 3.09. The summed E-state index contributed by atoms with van der Waals surface area (Å²) in [7, 11) is 0. The van der Waals surface area contributed by atoms with E-state index in [0.29, 0.717) is 30.3 Å². The van der Waals surface area contributed by atoms with Crippen LogP contribution in [0.4, 0.5) is 15.6 Å². The number of para-hydroxylation sites is 1. The summed E-state index contributed by atoms with van der Waals surface area (Å²) >= 11 is 1.40. The van der Waals surface area contributed by atoms with Crippen molar-refractivity contribution in [2.24, 2.45) is 0 Å². The number of carbonyl (C=O) groups excluding carboxylic acids is 1. The van der Waals surface area contributed by atoms with Gasteiger partial charge in [-0.3, -0.25) is 10.3 Å². The summed E-state index contributed by atoms with van der Waals surface area (Å²) in [5, 5.41) is 14.7. The van der Waals surface area contributed by atoms with Crippen molar-refractivity contribution in [2.45, 2.75) is 6.42 Å². The van der Waals surface area contributed by atoms with Crippen LogP contribution in [0.3, 0.4) is 0 Å². The molecule has 7 nitrogen and oxygen atoms in total. The molecule has 0 bridgehead atoms. The molecule has 0 aliphatic carbocycles. The van der Waals surface area contributed by atoms with Gasteiger partial charge in [0.25, 0.3) is 0 Å². The fourth-order valence-electron chi connectivity index (χ4n) is 3.35. The third-order valence-electron chi connectivity index (χ3n) is 4.82. The molecule has 1 aliphatic rings. The predicted octanol–water partition coefficient (Wildman–Crippen LogP) is 3.82. The molecular weight excluding hydrogens is 384 g/mol. The molecule has 8 heteroatoms. The van der Waals surface area contributed by atoms with Crippen LogP contribution in [0.15, 0.2) is 54.2 Å². The van der Waals surface area contributed by atoms with Crippen molar-refractivity contribution in [3.8, 4) is 17.3 Å². The Labute approximate surface area is 173 Å². The van der Waals surface area contributed by atoms with Gasteiger partial charge in [0.1, 0.15) is 6.07 Å². The number of pyridine rings is 1. The molecule has 3 heterocycles. The summed E-state index contributed by atoms with van der Waals surface area (Å²) in [6.07, 6.45) is 4.31. The van der Waals surface area contributed by atoms with Crippen molar-refractivity contribution >= 4 is 28.2 Å². The number of carbonyl (C=O) groups is 1. The van der Waals surface area contributed by atoms with E-state index in [9.17, 15) is 10.1 Å². The van der Waals surface area contributed by atoms with Crippen LogP contribution >= 0.6 is 11.3 Å². The monoisotopic (exact) mass is 404 g/mol. The standard InChI is InChI=1S/C21H20N6OS/c22-13-16-5-1-2-7-19(16)26-9-4-10-27(12-11-26)21(28)25-20-24-18(15-29-20)17-6-3-8-23-14-17/h1-3,5-8,14-15H,4,9-12H2,(H,24,25,28). The van der Waals surface area contributed by atoms with E-state index in [4.69, 9.17) is 0 Å². The molecule has 1 fully saturated rings. The zero-order chi connectivity index (χ0) is 20.1. The van der Waals surface area contributed by atoms with Crippen molar-refractivity contribution in [3.63, 3.8) is 0 Å². The Kier molecular flexibility index (Phi) is 5.68.